The summed E-state index contributed by atoms with van der Waals surface area (Å²) in [5.74, 6) is -0.176. The lowest BCUT2D eigenvalue weighted by Crippen LogP contribution is -2.37. The van der Waals surface area contributed by atoms with E-state index >= 15 is 0 Å². The fourth-order valence-electron chi connectivity index (χ4n) is 3.05. The molecule has 0 spiro atoms. The standard InChI is InChI=1S/C11H16O3/c1-7(12)5-11(10(13)14)6-8-2-3-9(11)4-8/h2-3,7-9,12H,4-6H2,1H3,(H,13,14). The topological polar surface area (TPSA) is 57.5 Å². The molecule has 14 heavy (non-hydrogen) atoms. The van der Waals surface area contributed by atoms with Gasteiger partial charge in [-0.05, 0) is 38.0 Å². The van der Waals surface area contributed by atoms with Crippen molar-refractivity contribution in [1.29, 1.82) is 0 Å². The maximum Gasteiger partial charge on any atom is 0.310 e. The lowest BCUT2D eigenvalue weighted by molar-refractivity contribution is -0.152. The Labute approximate surface area is 83.4 Å². The SMILES string of the molecule is CC(O)CC1(C(=O)O)CC2C=CC1C2. The number of aliphatic carboxylic acids is 1. The first-order valence-electron chi connectivity index (χ1n) is 5.14. The Morgan fingerprint density at radius 2 is 2.36 bits per heavy atom. The molecule has 4 unspecified atom stereocenters. The molecule has 2 aliphatic carbocycles. The first kappa shape index (κ1) is 9.71. The van der Waals surface area contributed by atoms with Gasteiger partial charge in [0.2, 0.25) is 0 Å². The van der Waals surface area contributed by atoms with E-state index in [1.807, 2.05) is 6.08 Å². The third-order valence-electron chi connectivity index (χ3n) is 3.59. The van der Waals surface area contributed by atoms with Gasteiger partial charge in [-0.15, -0.1) is 0 Å². The molecule has 0 aromatic rings. The van der Waals surface area contributed by atoms with Crippen LogP contribution in [0.2, 0.25) is 0 Å². The Bertz CT molecular complexity index is 282. The maximum atomic E-state index is 11.3. The third-order valence-corrected chi connectivity index (χ3v) is 3.59. The van der Waals surface area contributed by atoms with Crippen molar-refractivity contribution in [1.82, 2.24) is 0 Å². The van der Waals surface area contributed by atoms with E-state index in [0.29, 0.717) is 18.8 Å². The molecule has 2 aliphatic rings. The highest BCUT2D eigenvalue weighted by molar-refractivity contribution is 5.76. The maximum absolute atomic E-state index is 11.3. The van der Waals surface area contributed by atoms with Crippen molar-refractivity contribution >= 4 is 5.97 Å². The highest BCUT2D eigenvalue weighted by Crippen LogP contribution is 2.54. The zero-order valence-electron chi connectivity index (χ0n) is 8.31. The number of hydrogen-bond acceptors (Lipinski definition) is 2. The number of aliphatic hydroxyl groups is 1. The van der Waals surface area contributed by atoms with Crippen molar-refractivity contribution in [3.63, 3.8) is 0 Å². The minimum Gasteiger partial charge on any atom is -0.481 e. The average Bonchev–Trinajstić information content (AvgIpc) is 2.61. The summed E-state index contributed by atoms with van der Waals surface area (Å²) in [5.41, 5.74) is -0.687. The predicted octanol–water partition coefficient (Wildman–Crippen LogP) is 1.42. The van der Waals surface area contributed by atoms with Gasteiger partial charge < -0.3 is 10.2 Å². The number of carboxylic acids is 1. The first-order chi connectivity index (χ1) is 6.54. The molecule has 1 saturated carbocycles. The molecular weight excluding hydrogens is 180 g/mol. The Hall–Kier alpha value is -0.830. The predicted molar refractivity (Wildman–Crippen MR) is 51.7 cm³/mol. The number of carbonyl (C=O) groups is 1. The zero-order valence-corrected chi connectivity index (χ0v) is 8.31. The van der Waals surface area contributed by atoms with Crippen molar-refractivity contribution in [2.75, 3.05) is 0 Å². The first-order valence-corrected chi connectivity index (χ1v) is 5.14. The minimum absolute atomic E-state index is 0.139. The van der Waals surface area contributed by atoms with Crippen LogP contribution in [0.1, 0.15) is 26.2 Å². The Kier molecular flexibility index (Phi) is 2.14. The second-order valence-corrected chi connectivity index (χ2v) is 4.71. The van der Waals surface area contributed by atoms with E-state index in [1.54, 1.807) is 6.92 Å². The van der Waals surface area contributed by atoms with E-state index in [2.05, 4.69) is 6.08 Å². The van der Waals surface area contributed by atoms with Gasteiger partial charge in [0, 0.05) is 0 Å². The average molecular weight is 196 g/mol. The van der Waals surface area contributed by atoms with E-state index in [4.69, 9.17) is 0 Å². The van der Waals surface area contributed by atoms with Gasteiger partial charge in [-0.2, -0.15) is 0 Å². The summed E-state index contributed by atoms with van der Waals surface area (Å²) >= 11 is 0. The lowest BCUT2D eigenvalue weighted by atomic mass is 9.72. The van der Waals surface area contributed by atoms with Crippen molar-refractivity contribution in [2.45, 2.75) is 32.3 Å². The van der Waals surface area contributed by atoms with Crippen LogP contribution in [-0.2, 0) is 4.79 Å². The van der Waals surface area contributed by atoms with Gasteiger partial charge in [-0.1, -0.05) is 12.2 Å². The Morgan fingerprint density at radius 1 is 1.64 bits per heavy atom. The molecule has 3 heteroatoms. The minimum atomic E-state index is -0.741. The molecule has 2 bridgehead atoms. The molecular formula is C11H16O3. The quantitative estimate of drug-likeness (QED) is 0.671. The van der Waals surface area contributed by atoms with Crippen molar-refractivity contribution < 1.29 is 15.0 Å². The molecule has 0 heterocycles. The number of rotatable bonds is 3. The molecule has 2 rings (SSSR count). The van der Waals surface area contributed by atoms with E-state index in [-0.39, 0.29) is 5.92 Å². The summed E-state index contributed by atoms with van der Waals surface area (Å²) in [6.45, 7) is 1.67. The second-order valence-electron chi connectivity index (χ2n) is 4.71. The number of fused-ring (bicyclic) bond motifs is 2. The molecule has 0 aromatic heterocycles. The summed E-state index contributed by atoms with van der Waals surface area (Å²) < 4.78 is 0. The van der Waals surface area contributed by atoms with Crippen LogP contribution in [0.25, 0.3) is 0 Å². The molecule has 3 nitrogen and oxygen atoms in total. The smallest absolute Gasteiger partial charge is 0.310 e. The summed E-state index contributed by atoms with van der Waals surface area (Å²) in [6.07, 6.45) is 5.65. The molecule has 4 atom stereocenters. The largest absolute Gasteiger partial charge is 0.481 e. The van der Waals surface area contributed by atoms with Crippen LogP contribution < -0.4 is 0 Å². The van der Waals surface area contributed by atoms with Crippen LogP contribution in [0.3, 0.4) is 0 Å². The van der Waals surface area contributed by atoms with Crippen LogP contribution in [0, 0.1) is 17.3 Å². The van der Waals surface area contributed by atoms with Crippen LogP contribution in [0.4, 0.5) is 0 Å². The van der Waals surface area contributed by atoms with Crippen molar-refractivity contribution in [2.24, 2.45) is 17.3 Å². The zero-order chi connectivity index (χ0) is 10.3. The van der Waals surface area contributed by atoms with Gasteiger partial charge in [0.05, 0.1) is 11.5 Å². The van der Waals surface area contributed by atoms with Gasteiger partial charge in [0.1, 0.15) is 0 Å². The number of allylic oxidation sites excluding steroid dienone is 2. The normalized spacial score (nSPS) is 41.6. The van der Waals surface area contributed by atoms with Crippen LogP contribution in [-0.4, -0.2) is 22.3 Å². The fourth-order valence-corrected chi connectivity index (χ4v) is 3.05. The van der Waals surface area contributed by atoms with E-state index in [9.17, 15) is 15.0 Å². The fraction of sp³-hybridized carbons (Fsp3) is 0.727. The molecule has 0 saturated heterocycles. The molecule has 0 aliphatic heterocycles. The second kappa shape index (κ2) is 3.09. The Balaban J connectivity index is 2.24. The number of hydrogen-bond donors (Lipinski definition) is 2. The summed E-state index contributed by atoms with van der Waals surface area (Å²) in [7, 11) is 0. The monoisotopic (exact) mass is 196 g/mol. The van der Waals surface area contributed by atoms with E-state index in [1.165, 1.54) is 0 Å². The summed E-state index contributed by atoms with van der Waals surface area (Å²) in [4.78, 5) is 11.3. The van der Waals surface area contributed by atoms with Gasteiger partial charge >= 0.3 is 5.97 Å². The number of aliphatic hydroxyl groups excluding tert-OH is 1. The van der Waals surface area contributed by atoms with Gasteiger partial charge in [-0.3, -0.25) is 4.79 Å². The Morgan fingerprint density at radius 3 is 2.71 bits per heavy atom. The van der Waals surface area contributed by atoms with Crippen LogP contribution in [0.15, 0.2) is 12.2 Å². The van der Waals surface area contributed by atoms with E-state index in [0.717, 1.165) is 6.42 Å². The molecule has 1 fully saturated rings. The highest BCUT2D eigenvalue weighted by Gasteiger charge is 2.53. The molecule has 0 aromatic carbocycles. The highest BCUT2D eigenvalue weighted by atomic mass is 16.4. The lowest BCUT2D eigenvalue weighted by Gasteiger charge is -2.32. The molecule has 0 radical (unpaired) electrons. The third kappa shape index (κ3) is 1.27. The summed E-state index contributed by atoms with van der Waals surface area (Å²) in [5, 5.41) is 18.7. The van der Waals surface area contributed by atoms with Gasteiger partial charge in [-0.25, -0.2) is 0 Å². The van der Waals surface area contributed by atoms with Crippen LogP contribution in [0.5, 0.6) is 0 Å². The molecule has 78 valence electrons. The van der Waals surface area contributed by atoms with Gasteiger partial charge in [0.15, 0.2) is 0 Å². The molecule has 2 N–H and O–H groups in total. The number of carboxylic acid groups (broad SMARTS) is 1. The van der Waals surface area contributed by atoms with Gasteiger partial charge in [0.25, 0.3) is 0 Å². The van der Waals surface area contributed by atoms with E-state index < -0.39 is 17.5 Å². The van der Waals surface area contributed by atoms with Crippen LogP contribution >= 0.6 is 0 Å². The molecule has 0 amide bonds. The summed E-state index contributed by atoms with van der Waals surface area (Å²) in [6, 6.07) is 0. The van der Waals surface area contributed by atoms with Crippen molar-refractivity contribution in [3.05, 3.63) is 12.2 Å². The van der Waals surface area contributed by atoms with Crippen molar-refractivity contribution in [3.8, 4) is 0 Å².